The van der Waals surface area contributed by atoms with Gasteiger partial charge in [-0.2, -0.15) is 5.26 Å². The molecule has 0 aromatic heterocycles. The number of hydrogen-bond acceptors (Lipinski definition) is 3. The second-order valence-corrected chi connectivity index (χ2v) is 3.30. The molecule has 0 radical (unpaired) electrons. The smallest absolute Gasteiger partial charge is 0.303 e. The quantitative estimate of drug-likeness (QED) is 0.278. The molecule has 0 saturated heterocycles. The highest BCUT2D eigenvalue weighted by Gasteiger charge is 2.00. The molecular weight excluding hydrogens is 228 g/mol. The fourth-order valence-corrected chi connectivity index (χ4v) is 0. The molecule has 0 unspecified atom stereocenters. The van der Waals surface area contributed by atoms with E-state index in [1.54, 1.807) is 6.07 Å². The number of nitriles is 1. The highest BCUT2D eigenvalue weighted by molar-refractivity contribution is 7.45. The van der Waals surface area contributed by atoms with E-state index in [2.05, 4.69) is 0 Å². The molecule has 0 spiro atoms. The van der Waals surface area contributed by atoms with E-state index in [1.165, 1.54) is 6.92 Å². The lowest BCUT2D eigenvalue weighted by Crippen LogP contribution is -1.66. The Kier molecular flexibility index (Phi) is 11.8. The maximum atomic E-state index is 8.88. The van der Waals surface area contributed by atoms with Gasteiger partial charge in [-0.05, 0) is 0 Å². The van der Waals surface area contributed by atoms with Crippen LogP contribution in [-0.2, 0) is 9.13 Å². The average Bonchev–Trinajstić information content (AvgIpc) is 1.52. The zero-order valence-corrected chi connectivity index (χ0v) is 8.13. The Bertz CT molecular complexity index is 194. The van der Waals surface area contributed by atoms with Crippen molar-refractivity contribution in [3.63, 3.8) is 0 Å². The van der Waals surface area contributed by atoms with Crippen molar-refractivity contribution >= 4 is 15.6 Å². The SMILES string of the molecule is CC#N.O=P(O)(O)O.O=P(O)(O)O. The first kappa shape index (κ1) is 18.5. The normalized spacial score (nSPS) is 9.69. The van der Waals surface area contributed by atoms with Gasteiger partial charge in [0.05, 0.1) is 6.07 Å². The summed E-state index contributed by atoms with van der Waals surface area (Å²) >= 11 is 0. The van der Waals surface area contributed by atoms with Crippen LogP contribution in [0.1, 0.15) is 6.92 Å². The van der Waals surface area contributed by atoms with Crippen LogP contribution < -0.4 is 0 Å². The van der Waals surface area contributed by atoms with Gasteiger partial charge in [0, 0.05) is 6.92 Å². The molecule has 0 aliphatic rings. The maximum Gasteiger partial charge on any atom is 0.466 e. The Morgan fingerprint density at radius 1 is 0.923 bits per heavy atom. The van der Waals surface area contributed by atoms with E-state index in [1.807, 2.05) is 0 Å². The topological polar surface area (TPSA) is 179 Å². The molecule has 0 aliphatic heterocycles. The zero-order valence-electron chi connectivity index (χ0n) is 6.34. The minimum Gasteiger partial charge on any atom is -0.303 e. The standard InChI is InChI=1S/C2H3N.2H3O4P/c1-2-3;2*1-5(2,3)4/h1H3;2*(H3,1,2,3,4). The molecule has 0 aliphatic carbocycles. The van der Waals surface area contributed by atoms with Gasteiger partial charge in [0.25, 0.3) is 0 Å². The fourth-order valence-electron chi connectivity index (χ4n) is 0. The number of rotatable bonds is 0. The van der Waals surface area contributed by atoms with E-state index in [9.17, 15) is 0 Å². The molecule has 0 saturated carbocycles. The summed E-state index contributed by atoms with van der Waals surface area (Å²) in [4.78, 5) is 43.1. The molecule has 11 heteroatoms. The van der Waals surface area contributed by atoms with Crippen LogP contribution in [0.3, 0.4) is 0 Å². The average molecular weight is 237 g/mol. The van der Waals surface area contributed by atoms with Crippen LogP contribution in [0.25, 0.3) is 0 Å². The highest BCUT2D eigenvalue weighted by atomic mass is 31.2. The Hall–Kier alpha value is -0.290. The van der Waals surface area contributed by atoms with Crippen LogP contribution in [0, 0.1) is 11.3 Å². The minimum atomic E-state index is -4.64. The third-order valence-electron chi connectivity index (χ3n) is 0. The van der Waals surface area contributed by atoms with Gasteiger partial charge in [0.1, 0.15) is 0 Å². The van der Waals surface area contributed by atoms with Gasteiger partial charge in [0.2, 0.25) is 0 Å². The Labute approximate surface area is 73.4 Å². The van der Waals surface area contributed by atoms with Crippen LogP contribution in [0.5, 0.6) is 0 Å². The van der Waals surface area contributed by atoms with E-state index < -0.39 is 15.6 Å². The van der Waals surface area contributed by atoms with Crippen LogP contribution >= 0.6 is 15.6 Å². The Morgan fingerprint density at radius 2 is 0.923 bits per heavy atom. The molecule has 0 heterocycles. The lowest BCUT2D eigenvalue weighted by molar-refractivity contribution is 0.272. The molecule has 0 amide bonds. The Morgan fingerprint density at radius 3 is 0.923 bits per heavy atom. The summed E-state index contributed by atoms with van der Waals surface area (Å²) in [6.07, 6.45) is 0. The molecule has 0 rings (SSSR count). The predicted molar refractivity (Wildman–Crippen MR) is 39.8 cm³/mol. The summed E-state index contributed by atoms with van der Waals surface area (Å²) < 4.78 is 17.8. The van der Waals surface area contributed by atoms with Gasteiger partial charge < -0.3 is 29.4 Å². The van der Waals surface area contributed by atoms with Crippen molar-refractivity contribution in [2.45, 2.75) is 6.92 Å². The largest absolute Gasteiger partial charge is 0.466 e. The summed E-state index contributed by atoms with van der Waals surface area (Å²) in [5, 5.41) is 7.32. The van der Waals surface area contributed by atoms with Gasteiger partial charge in [-0.15, -0.1) is 0 Å². The van der Waals surface area contributed by atoms with Crippen molar-refractivity contribution in [3.05, 3.63) is 0 Å². The van der Waals surface area contributed by atoms with E-state index in [0.717, 1.165) is 0 Å². The first-order valence-electron chi connectivity index (χ1n) is 2.29. The predicted octanol–water partition coefficient (Wildman–Crippen LogP) is -1.33. The maximum absolute atomic E-state index is 8.88. The zero-order chi connectivity index (χ0) is 11.7. The molecular formula is C2H9NO8P2. The number of nitrogens with zero attached hydrogens (tertiary/aromatic N) is 1. The number of phosphoric acid groups is 2. The first-order valence-corrected chi connectivity index (χ1v) is 5.42. The third kappa shape index (κ3) is 13100. The van der Waals surface area contributed by atoms with Crippen molar-refractivity contribution in [3.8, 4) is 6.07 Å². The summed E-state index contributed by atoms with van der Waals surface area (Å²) in [5.74, 6) is 0. The van der Waals surface area contributed by atoms with E-state index >= 15 is 0 Å². The summed E-state index contributed by atoms with van der Waals surface area (Å²) in [7, 11) is -9.28. The lowest BCUT2D eigenvalue weighted by atomic mass is 11.0. The molecule has 9 nitrogen and oxygen atoms in total. The fraction of sp³-hybridized carbons (Fsp3) is 0.500. The second-order valence-electron chi connectivity index (χ2n) is 1.25. The minimum absolute atomic E-state index is 1.43. The van der Waals surface area contributed by atoms with E-state index in [0.29, 0.717) is 0 Å². The molecule has 0 atom stereocenters. The molecule has 80 valence electrons. The first-order chi connectivity index (χ1) is 5.41. The van der Waals surface area contributed by atoms with Crippen molar-refractivity contribution in [2.75, 3.05) is 0 Å². The molecule has 6 N–H and O–H groups in total. The van der Waals surface area contributed by atoms with Gasteiger partial charge in [-0.3, -0.25) is 0 Å². The summed E-state index contributed by atoms with van der Waals surface area (Å²) in [6.45, 7) is 1.43. The Balaban J connectivity index is -0.000000120. The van der Waals surface area contributed by atoms with Crippen LogP contribution in [0.2, 0.25) is 0 Å². The van der Waals surface area contributed by atoms with Crippen LogP contribution in [0.15, 0.2) is 0 Å². The molecule has 0 fully saturated rings. The van der Waals surface area contributed by atoms with Crippen molar-refractivity contribution < 1.29 is 38.5 Å². The highest BCUT2D eigenvalue weighted by Crippen LogP contribution is 2.26. The summed E-state index contributed by atoms with van der Waals surface area (Å²) in [6, 6.07) is 1.75. The molecule has 0 bridgehead atoms. The second kappa shape index (κ2) is 8.31. The van der Waals surface area contributed by atoms with Crippen molar-refractivity contribution in [1.29, 1.82) is 5.26 Å². The van der Waals surface area contributed by atoms with Crippen molar-refractivity contribution in [1.82, 2.24) is 0 Å². The lowest BCUT2D eigenvalue weighted by Gasteiger charge is -1.82. The third-order valence-corrected chi connectivity index (χ3v) is 0. The van der Waals surface area contributed by atoms with Gasteiger partial charge in [-0.25, -0.2) is 9.13 Å². The van der Waals surface area contributed by atoms with Crippen LogP contribution in [-0.4, -0.2) is 29.4 Å². The molecule has 13 heavy (non-hydrogen) atoms. The monoisotopic (exact) mass is 237 g/mol. The van der Waals surface area contributed by atoms with Crippen LogP contribution in [0.4, 0.5) is 0 Å². The van der Waals surface area contributed by atoms with E-state index in [4.69, 9.17) is 43.8 Å². The molecule has 0 aromatic rings. The van der Waals surface area contributed by atoms with Gasteiger partial charge in [-0.1, -0.05) is 0 Å². The summed E-state index contributed by atoms with van der Waals surface area (Å²) in [5.41, 5.74) is 0. The number of hydrogen-bond donors (Lipinski definition) is 6. The van der Waals surface area contributed by atoms with Crippen molar-refractivity contribution in [2.24, 2.45) is 0 Å². The van der Waals surface area contributed by atoms with Gasteiger partial charge in [0.15, 0.2) is 0 Å². The molecule has 0 aromatic carbocycles. The van der Waals surface area contributed by atoms with E-state index in [-0.39, 0.29) is 0 Å². The van der Waals surface area contributed by atoms with Gasteiger partial charge >= 0.3 is 15.6 Å².